The molecule has 116 valence electrons. The molecule has 5 heteroatoms. The maximum atomic E-state index is 11.7. The summed E-state index contributed by atoms with van der Waals surface area (Å²) in [5.74, 6) is 0.657. The molecule has 0 spiro atoms. The third-order valence-corrected chi connectivity index (χ3v) is 4.68. The van der Waals surface area contributed by atoms with Crippen molar-refractivity contribution in [1.82, 2.24) is 0 Å². The van der Waals surface area contributed by atoms with Crippen LogP contribution in [-0.2, 0) is 0 Å². The van der Waals surface area contributed by atoms with E-state index in [9.17, 15) is 4.79 Å². The lowest BCUT2D eigenvalue weighted by Gasteiger charge is -2.36. The Bertz CT molecular complexity index is 530. The number of hydrogen-bond acceptors (Lipinski definition) is 3. The summed E-state index contributed by atoms with van der Waals surface area (Å²) in [5.41, 5.74) is 12.7. The van der Waals surface area contributed by atoms with Gasteiger partial charge in [0.25, 0.3) is 5.91 Å². The zero-order valence-electron chi connectivity index (χ0n) is 12.7. The van der Waals surface area contributed by atoms with Gasteiger partial charge in [0.15, 0.2) is 0 Å². The number of amides is 1. The number of carbonyl (C=O) groups excluding carboxylic acids is 1. The minimum Gasteiger partial charge on any atom is -0.399 e. The predicted molar refractivity (Wildman–Crippen MR) is 88.6 cm³/mol. The fourth-order valence-corrected chi connectivity index (χ4v) is 3.57. The van der Waals surface area contributed by atoms with E-state index in [4.69, 9.17) is 23.1 Å². The maximum absolute atomic E-state index is 11.7. The summed E-state index contributed by atoms with van der Waals surface area (Å²) in [5, 5.41) is 3.92. The van der Waals surface area contributed by atoms with Crippen LogP contribution in [0.2, 0.25) is 5.02 Å². The van der Waals surface area contributed by atoms with Crippen LogP contribution in [0.1, 0.15) is 49.9 Å². The molecular weight excluding hydrogens is 286 g/mol. The third kappa shape index (κ3) is 3.62. The average Bonchev–Trinajstić information content (AvgIpc) is 2.41. The topological polar surface area (TPSA) is 81.1 Å². The summed E-state index contributed by atoms with van der Waals surface area (Å²) in [6.07, 6.45) is 4.74. The number of benzene rings is 1. The van der Waals surface area contributed by atoms with Crippen LogP contribution < -0.4 is 16.8 Å². The highest BCUT2D eigenvalue weighted by Gasteiger charge is 2.29. The Morgan fingerprint density at radius 2 is 2.00 bits per heavy atom. The minimum atomic E-state index is -0.511. The summed E-state index contributed by atoms with van der Waals surface area (Å²) in [6, 6.07) is 3.56. The quantitative estimate of drug-likeness (QED) is 0.743. The summed E-state index contributed by atoms with van der Waals surface area (Å²) in [7, 11) is 0. The molecule has 1 aliphatic rings. The Hall–Kier alpha value is -1.42. The van der Waals surface area contributed by atoms with E-state index < -0.39 is 5.91 Å². The van der Waals surface area contributed by atoms with Crippen LogP contribution in [0.15, 0.2) is 12.1 Å². The smallest absolute Gasteiger partial charge is 0.250 e. The summed E-state index contributed by atoms with van der Waals surface area (Å²) >= 11 is 6.27. The van der Waals surface area contributed by atoms with Crippen LogP contribution in [0, 0.1) is 11.8 Å². The standard InChI is InChI=1S/C16H24ClN3O/c1-9(2)11-5-3-4-6-14(11)20-15-12(16(19)21)7-10(18)8-13(15)17/h7-9,11,14,20H,3-6,18H2,1-2H3,(H2,19,21). The number of hydrogen-bond donors (Lipinski definition) is 3. The van der Waals surface area contributed by atoms with Crippen LogP contribution in [-0.4, -0.2) is 11.9 Å². The van der Waals surface area contributed by atoms with Crippen LogP contribution in [0.5, 0.6) is 0 Å². The van der Waals surface area contributed by atoms with Gasteiger partial charge in [0.1, 0.15) is 0 Å². The first-order valence-corrected chi connectivity index (χ1v) is 7.93. The Labute approximate surface area is 131 Å². The predicted octanol–water partition coefficient (Wildman–Crippen LogP) is 3.65. The van der Waals surface area contributed by atoms with Crippen LogP contribution in [0.3, 0.4) is 0 Å². The van der Waals surface area contributed by atoms with Crippen molar-refractivity contribution < 1.29 is 4.79 Å². The number of nitrogens with one attached hydrogen (secondary N) is 1. The summed E-state index contributed by atoms with van der Waals surface area (Å²) in [4.78, 5) is 11.7. The van der Waals surface area contributed by atoms with Gasteiger partial charge in [0.2, 0.25) is 0 Å². The van der Waals surface area contributed by atoms with E-state index in [0.29, 0.717) is 39.8 Å². The van der Waals surface area contributed by atoms with Gasteiger partial charge in [-0.3, -0.25) is 4.79 Å². The Balaban J connectivity index is 2.31. The van der Waals surface area contributed by atoms with E-state index in [0.717, 1.165) is 6.42 Å². The highest BCUT2D eigenvalue weighted by molar-refractivity contribution is 6.34. The van der Waals surface area contributed by atoms with E-state index >= 15 is 0 Å². The number of anilines is 2. The van der Waals surface area contributed by atoms with Crippen molar-refractivity contribution in [2.24, 2.45) is 17.6 Å². The molecule has 0 bridgehead atoms. The van der Waals surface area contributed by atoms with E-state index in [-0.39, 0.29) is 0 Å². The molecule has 1 aliphatic carbocycles. The van der Waals surface area contributed by atoms with Gasteiger partial charge in [-0.25, -0.2) is 0 Å². The second-order valence-corrected chi connectivity index (χ2v) is 6.64. The van der Waals surface area contributed by atoms with Crippen molar-refractivity contribution in [3.63, 3.8) is 0 Å². The van der Waals surface area contributed by atoms with Crippen molar-refractivity contribution in [2.45, 2.75) is 45.6 Å². The number of carbonyl (C=O) groups is 1. The molecule has 0 heterocycles. The lowest BCUT2D eigenvalue weighted by molar-refractivity contribution is 0.100. The van der Waals surface area contributed by atoms with Gasteiger partial charge in [-0.1, -0.05) is 38.3 Å². The monoisotopic (exact) mass is 309 g/mol. The van der Waals surface area contributed by atoms with Gasteiger partial charge in [-0.15, -0.1) is 0 Å². The molecule has 1 saturated carbocycles. The van der Waals surface area contributed by atoms with Crippen LogP contribution in [0.4, 0.5) is 11.4 Å². The molecule has 21 heavy (non-hydrogen) atoms. The van der Waals surface area contributed by atoms with E-state index in [1.54, 1.807) is 12.1 Å². The molecule has 0 saturated heterocycles. The SMILES string of the molecule is CC(C)C1CCCCC1Nc1c(Cl)cc(N)cc1C(N)=O. The lowest BCUT2D eigenvalue weighted by Crippen LogP contribution is -2.36. The molecule has 5 N–H and O–H groups in total. The number of rotatable bonds is 4. The number of nitrogen functional groups attached to an aromatic ring is 1. The molecule has 0 aromatic heterocycles. The Kier molecular flexibility index (Phi) is 4.99. The van der Waals surface area contributed by atoms with Gasteiger partial charge < -0.3 is 16.8 Å². The van der Waals surface area contributed by atoms with E-state index in [1.165, 1.54) is 19.3 Å². The zero-order chi connectivity index (χ0) is 15.6. The van der Waals surface area contributed by atoms with Gasteiger partial charge in [0, 0.05) is 11.7 Å². The van der Waals surface area contributed by atoms with Crippen molar-refractivity contribution in [3.05, 3.63) is 22.7 Å². The normalized spacial score (nSPS) is 22.3. The number of halogens is 1. The lowest BCUT2D eigenvalue weighted by atomic mass is 9.77. The number of primary amides is 1. The second kappa shape index (κ2) is 6.56. The van der Waals surface area contributed by atoms with Crippen LogP contribution >= 0.6 is 11.6 Å². The average molecular weight is 310 g/mol. The molecule has 0 aliphatic heterocycles. The molecule has 1 aromatic carbocycles. The molecule has 1 fully saturated rings. The Morgan fingerprint density at radius 1 is 1.33 bits per heavy atom. The fraction of sp³-hybridized carbons (Fsp3) is 0.562. The highest BCUT2D eigenvalue weighted by Crippen LogP contribution is 2.36. The summed E-state index contributed by atoms with van der Waals surface area (Å²) < 4.78 is 0. The number of nitrogens with two attached hydrogens (primary N) is 2. The fourth-order valence-electron chi connectivity index (χ4n) is 3.29. The molecule has 1 aromatic rings. The molecule has 4 nitrogen and oxygen atoms in total. The molecule has 2 rings (SSSR count). The summed E-state index contributed by atoms with van der Waals surface area (Å²) in [6.45, 7) is 4.48. The van der Waals surface area contributed by atoms with Crippen molar-refractivity contribution in [3.8, 4) is 0 Å². The maximum Gasteiger partial charge on any atom is 0.250 e. The largest absolute Gasteiger partial charge is 0.399 e. The Morgan fingerprint density at radius 3 is 2.62 bits per heavy atom. The van der Waals surface area contributed by atoms with E-state index in [2.05, 4.69) is 19.2 Å². The van der Waals surface area contributed by atoms with Gasteiger partial charge >= 0.3 is 0 Å². The first kappa shape index (κ1) is 16.0. The van der Waals surface area contributed by atoms with Gasteiger partial charge in [-0.2, -0.15) is 0 Å². The van der Waals surface area contributed by atoms with E-state index in [1.807, 2.05) is 0 Å². The van der Waals surface area contributed by atoms with Crippen molar-refractivity contribution in [2.75, 3.05) is 11.1 Å². The molecule has 0 radical (unpaired) electrons. The molecule has 2 atom stereocenters. The first-order chi connectivity index (χ1) is 9.90. The van der Waals surface area contributed by atoms with Gasteiger partial charge in [-0.05, 0) is 36.8 Å². The molecular formula is C16H24ClN3O. The first-order valence-electron chi connectivity index (χ1n) is 7.55. The van der Waals surface area contributed by atoms with Crippen LogP contribution in [0.25, 0.3) is 0 Å². The zero-order valence-corrected chi connectivity index (χ0v) is 13.4. The van der Waals surface area contributed by atoms with Gasteiger partial charge in [0.05, 0.1) is 16.3 Å². The highest BCUT2D eigenvalue weighted by atomic mass is 35.5. The van der Waals surface area contributed by atoms with Crippen molar-refractivity contribution in [1.29, 1.82) is 0 Å². The molecule has 2 unspecified atom stereocenters. The minimum absolute atomic E-state index is 0.318. The third-order valence-electron chi connectivity index (χ3n) is 4.38. The molecule has 1 amide bonds. The second-order valence-electron chi connectivity index (χ2n) is 6.23. The van der Waals surface area contributed by atoms with Crippen molar-refractivity contribution >= 4 is 28.9 Å².